The molecule has 2 unspecified atom stereocenters. The molecule has 3 rings (SSSR count). The maximum Gasteiger partial charge on any atom is 0.128 e. The van der Waals surface area contributed by atoms with Crippen molar-refractivity contribution in [3.05, 3.63) is 23.4 Å². The van der Waals surface area contributed by atoms with Gasteiger partial charge in [-0.15, -0.1) is 0 Å². The number of aromatic nitrogens is 1. The van der Waals surface area contributed by atoms with Crippen molar-refractivity contribution in [2.45, 2.75) is 25.0 Å². The third-order valence-electron chi connectivity index (χ3n) is 3.08. The molecule has 2 aliphatic heterocycles. The molecule has 3 heterocycles. The van der Waals surface area contributed by atoms with Crippen LogP contribution in [0, 0.1) is 0 Å². The molecule has 0 amide bonds. The zero-order chi connectivity index (χ0) is 10.3. The highest BCUT2D eigenvalue weighted by Gasteiger charge is 2.33. The van der Waals surface area contributed by atoms with Crippen molar-refractivity contribution in [1.82, 2.24) is 4.98 Å². The zero-order valence-electron chi connectivity index (χ0n) is 8.40. The number of hydrogen-bond acceptors (Lipinski definition) is 3. The summed E-state index contributed by atoms with van der Waals surface area (Å²) in [6.07, 6.45) is 4.89. The summed E-state index contributed by atoms with van der Waals surface area (Å²) in [5.74, 6) is 1.01. The lowest BCUT2D eigenvalue weighted by atomic mass is 10.2. The molecule has 2 fully saturated rings. The Balaban J connectivity index is 1.80. The molecule has 0 saturated carbocycles. The largest absolute Gasteiger partial charge is 0.371 e. The summed E-state index contributed by atoms with van der Waals surface area (Å²) in [6, 6.07) is 3.87. The molecule has 2 saturated heterocycles. The quantitative estimate of drug-likeness (QED) is 0.731. The SMILES string of the molecule is Clc1ccc(N2CC3CCC(C2)O3)nc1. The summed E-state index contributed by atoms with van der Waals surface area (Å²) in [4.78, 5) is 6.63. The number of pyridine rings is 1. The van der Waals surface area contributed by atoms with Crippen LogP contribution in [0.25, 0.3) is 0 Å². The standard InChI is InChI=1S/C11H13ClN2O/c12-8-1-4-11(13-5-8)14-6-9-2-3-10(7-14)15-9/h1,4-5,9-10H,2-3,6-7H2. The first-order chi connectivity index (χ1) is 7.31. The first-order valence-corrected chi connectivity index (χ1v) is 5.71. The van der Waals surface area contributed by atoms with Crippen molar-refractivity contribution < 1.29 is 4.74 Å². The summed E-state index contributed by atoms with van der Waals surface area (Å²) in [5.41, 5.74) is 0. The van der Waals surface area contributed by atoms with Gasteiger partial charge < -0.3 is 9.64 Å². The van der Waals surface area contributed by atoms with Gasteiger partial charge in [-0.3, -0.25) is 0 Å². The van der Waals surface area contributed by atoms with E-state index in [4.69, 9.17) is 16.3 Å². The molecule has 4 heteroatoms. The van der Waals surface area contributed by atoms with Crippen LogP contribution in [0.5, 0.6) is 0 Å². The van der Waals surface area contributed by atoms with Crippen molar-refractivity contribution in [2.75, 3.05) is 18.0 Å². The molecular weight excluding hydrogens is 212 g/mol. The predicted molar refractivity (Wildman–Crippen MR) is 59.4 cm³/mol. The van der Waals surface area contributed by atoms with E-state index in [0.29, 0.717) is 17.2 Å². The topological polar surface area (TPSA) is 25.4 Å². The highest BCUT2D eigenvalue weighted by molar-refractivity contribution is 6.30. The average Bonchev–Trinajstić information content (AvgIpc) is 2.59. The number of hydrogen-bond donors (Lipinski definition) is 0. The number of anilines is 1. The van der Waals surface area contributed by atoms with Gasteiger partial charge in [0, 0.05) is 19.3 Å². The van der Waals surface area contributed by atoms with Crippen LogP contribution in [0.2, 0.25) is 5.02 Å². The Morgan fingerprint density at radius 3 is 2.60 bits per heavy atom. The fourth-order valence-corrected chi connectivity index (χ4v) is 2.47. The van der Waals surface area contributed by atoms with Crippen LogP contribution in [0.15, 0.2) is 18.3 Å². The van der Waals surface area contributed by atoms with Gasteiger partial charge in [0.15, 0.2) is 0 Å². The number of halogens is 1. The van der Waals surface area contributed by atoms with Gasteiger partial charge in [-0.2, -0.15) is 0 Å². The van der Waals surface area contributed by atoms with Crippen molar-refractivity contribution >= 4 is 17.4 Å². The van der Waals surface area contributed by atoms with E-state index >= 15 is 0 Å². The number of fused-ring (bicyclic) bond motifs is 2. The highest BCUT2D eigenvalue weighted by Crippen LogP contribution is 2.28. The predicted octanol–water partition coefficient (Wildman–Crippen LogP) is 2.10. The molecule has 0 spiro atoms. The van der Waals surface area contributed by atoms with Gasteiger partial charge in [0.1, 0.15) is 5.82 Å². The van der Waals surface area contributed by atoms with Crippen LogP contribution >= 0.6 is 11.6 Å². The molecule has 0 radical (unpaired) electrons. The summed E-state index contributed by atoms with van der Waals surface area (Å²) < 4.78 is 5.78. The Bertz CT molecular complexity index is 342. The number of ether oxygens (including phenoxy) is 1. The summed E-state index contributed by atoms with van der Waals surface area (Å²) in [7, 11) is 0. The van der Waals surface area contributed by atoms with Crippen LogP contribution in [-0.2, 0) is 4.74 Å². The molecule has 2 atom stereocenters. The number of rotatable bonds is 1. The fourth-order valence-electron chi connectivity index (χ4n) is 2.36. The van der Waals surface area contributed by atoms with E-state index in [1.165, 1.54) is 12.8 Å². The second-order valence-electron chi connectivity index (χ2n) is 4.20. The molecule has 2 aliphatic rings. The molecule has 80 valence electrons. The molecule has 1 aromatic heterocycles. The lowest BCUT2D eigenvalue weighted by Crippen LogP contribution is -2.43. The minimum absolute atomic E-state index is 0.404. The van der Waals surface area contributed by atoms with Crippen LogP contribution < -0.4 is 4.90 Å². The molecule has 1 aromatic rings. The molecule has 3 nitrogen and oxygen atoms in total. The lowest BCUT2D eigenvalue weighted by Gasteiger charge is -2.32. The van der Waals surface area contributed by atoms with E-state index in [2.05, 4.69) is 9.88 Å². The van der Waals surface area contributed by atoms with Gasteiger partial charge in [0.05, 0.1) is 17.2 Å². The van der Waals surface area contributed by atoms with Crippen molar-refractivity contribution in [1.29, 1.82) is 0 Å². The van der Waals surface area contributed by atoms with E-state index in [1.807, 2.05) is 12.1 Å². The molecule has 0 N–H and O–H groups in total. The summed E-state index contributed by atoms with van der Waals surface area (Å²) >= 11 is 5.81. The van der Waals surface area contributed by atoms with E-state index in [1.54, 1.807) is 6.20 Å². The number of morpholine rings is 1. The Kier molecular flexibility index (Phi) is 2.29. The number of nitrogens with zero attached hydrogens (tertiary/aromatic N) is 2. The summed E-state index contributed by atoms with van der Waals surface area (Å²) in [5, 5.41) is 0.690. The fraction of sp³-hybridized carbons (Fsp3) is 0.545. The van der Waals surface area contributed by atoms with Crippen LogP contribution in [0.1, 0.15) is 12.8 Å². The molecule has 15 heavy (non-hydrogen) atoms. The van der Waals surface area contributed by atoms with Gasteiger partial charge in [-0.05, 0) is 25.0 Å². The Hall–Kier alpha value is -0.800. The summed E-state index contributed by atoms with van der Waals surface area (Å²) in [6.45, 7) is 1.93. The highest BCUT2D eigenvalue weighted by atomic mass is 35.5. The second-order valence-corrected chi connectivity index (χ2v) is 4.63. The maximum atomic E-state index is 5.81. The third kappa shape index (κ3) is 1.82. The van der Waals surface area contributed by atoms with E-state index in [-0.39, 0.29) is 0 Å². The Morgan fingerprint density at radius 2 is 2.00 bits per heavy atom. The minimum atomic E-state index is 0.404. The zero-order valence-corrected chi connectivity index (χ0v) is 9.15. The van der Waals surface area contributed by atoms with Crippen LogP contribution in [0.3, 0.4) is 0 Å². The van der Waals surface area contributed by atoms with Gasteiger partial charge in [0.25, 0.3) is 0 Å². The van der Waals surface area contributed by atoms with Crippen molar-refractivity contribution in [3.8, 4) is 0 Å². The maximum absolute atomic E-state index is 5.81. The normalized spacial score (nSPS) is 29.5. The van der Waals surface area contributed by atoms with Gasteiger partial charge in [0.2, 0.25) is 0 Å². The van der Waals surface area contributed by atoms with E-state index in [0.717, 1.165) is 18.9 Å². The van der Waals surface area contributed by atoms with Crippen LogP contribution in [0.4, 0.5) is 5.82 Å². The van der Waals surface area contributed by atoms with E-state index < -0.39 is 0 Å². The lowest BCUT2D eigenvalue weighted by molar-refractivity contribution is 0.0302. The first kappa shape index (κ1) is 9.43. The van der Waals surface area contributed by atoms with Crippen molar-refractivity contribution in [2.24, 2.45) is 0 Å². The monoisotopic (exact) mass is 224 g/mol. The average molecular weight is 225 g/mol. The first-order valence-electron chi connectivity index (χ1n) is 5.33. The Labute approximate surface area is 94.0 Å². The van der Waals surface area contributed by atoms with Gasteiger partial charge in [-0.1, -0.05) is 11.6 Å². The second kappa shape index (κ2) is 3.65. The Morgan fingerprint density at radius 1 is 1.27 bits per heavy atom. The minimum Gasteiger partial charge on any atom is -0.371 e. The smallest absolute Gasteiger partial charge is 0.128 e. The van der Waals surface area contributed by atoms with E-state index in [9.17, 15) is 0 Å². The molecule has 0 aromatic carbocycles. The van der Waals surface area contributed by atoms with Crippen molar-refractivity contribution in [3.63, 3.8) is 0 Å². The van der Waals surface area contributed by atoms with Gasteiger partial charge >= 0.3 is 0 Å². The third-order valence-corrected chi connectivity index (χ3v) is 3.30. The molecule has 2 bridgehead atoms. The molecular formula is C11H13ClN2O. The van der Waals surface area contributed by atoms with Gasteiger partial charge in [-0.25, -0.2) is 4.98 Å². The molecule has 0 aliphatic carbocycles. The van der Waals surface area contributed by atoms with Crippen LogP contribution in [-0.4, -0.2) is 30.3 Å².